The van der Waals surface area contributed by atoms with E-state index in [1.165, 1.54) is 6.07 Å². The Bertz CT molecular complexity index is 1370. The number of halogens is 3. The van der Waals surface area contributed by atoms with E-state index in [-0.39, 0.29) is 17.9 Å². The van der Waals surface area contributed by atoms with Crippen molar-refractivity contribution in [3.63, 3.8) is 0 Å². The second-order valence-corrected chi connectivity index (χ2v) is 12.1. The number of amides is 1. The molecular formula is C27H28F3N3O3S. The maximum absolute atomic E-state index is 13.5. The van der Waals surface area contributed by atoms with Crippen LogP contribution in [0.5, 0.6) is 0 Å². The number of thiophene rings is 1. The number of aliphatic carboxylic acids is 1. The molecule has 2 bridgehead atoms. The van der Waals surface area contributed by atoms with Crippen LogP contribution >= 0.6 is 11.3 Å². The lowest BCUT2D eigenvalue weighted by atomic mass is 9.53. The van der Waals surface area contributed by atoms with E-state index in [1.807, 2.05) is 21.6 Å². The zero-order valence-electron chi connectivity index (χ0n) is 20.3. The first-order valence-corrected chi connectivity index (χ1v) is 13.5. The largest absolute Gasteiger partial charge is 0.481 e. The van der Waals surface area contributed by atoms with E-state index in [0.717, 1.165) is 59.0 Å². The van der Waals surface area contributed by atoms with E-state index in [0.29, 0.717) is 50.1 Å². The molecule has 3 aliphatic carbocycles. The lowest BCUT2D eigenvalue weighted by Crippen LogP contribution is -2.48. The molecule has 3 aromatic heterocycles. The van der Waals surface area contributed by atoms with Crippen molar-refractivity contribution in [1.82, 2.24) is 14.5 Å². The van der Waals surface area contributed by atoms with Crippen molar-refractivity contribution < 1.29 is 27.9 Å². The fraction of sp³-hybridized carbons (Fsp3) is 0.519. The van der Waals surface area contributed by atoms with Crippen LogP contribution in [0.3, 0.4) is 0 Å². The molecule has 6 nitrogen and oxygen atoms in total. The van der Waals surface area contributed by atoms with E-state index in [2.05, 4.69) is 4.98 Å². The molecule has 10 heteroatoms. The number of fused-ring (bicyclic) bond motifs is 6. The molecule has 0 unspecified atom stereocenters. The van der Waals surface area contributed by atoms with Gasteiger partial charge in [-0.25, -0.2) is 4.98 Å². The minimum atomic E-state index is -4.37. The highest BCUT2D eigenvalue weighted by molar-refractivity contribution is 7.12. The Morgan fingerprint density at radius 3 is 2.46 bits per heavy atom. The number of carbonyl (C=O) groups excluding carboxylic acids is 1. The molecule has 7 rings (SSSR count). The summed E-state index contributed by atoms with van der Waals surface area (Å²) in [6.07, 6.45) is 2.65. The summed E-state index contributed by atoms with van der Waals surface area (Å²) in [6, 6.07) is 6.49. The summed E-state index contributed by atoms with van der Waals surface area (Å²) in [6.45, 7) is 1.26. The molecule has 1 aliphatic heterocycles. The maximum atomic E-state index is 13.5. The van der Waals surface area contributed by atoms with Crippen LogP contribution in [0.25, 0.3) is 11.0 Å². The van der Waals surface area contributed by atoms with Crippen LogP contribution < -0.4 is 0 Å². The van der Waals surface area contributed by atoms with Gasteiger partial charge in [0.25, 0.3) is 0 Å². The van der Waals surface area contributed by atoms with Gasteiger partial charge in [0, 0.05) is 35.1 Å². The monoisotopic (exact) mass is 531 g/mol. The average Bonchev–Trinajstić information content (AvgIpc) is 3.48. The number of carboxylic acid groups (broad SMARTS) is 1. The van der Waals surface area contributed by atoms with Gasteiger partial charge in [-0.15, -0.1) is 11.3 Å². The zero-order valence-corrected chi connectivity index (χ0v) is 21.1. The topological polar surface area (TPSA) is 75.4 Å². The van der Waals surface area contributed by atoms with Crippen LogP contribution in [0.1, 0.15) is 66.0 Å². The van der Waals surface area contributed by atoms with E-state index in [1.54, 1.807) is 6.20 Å². The Hall–Kier alpha value is -2.88. The molecule has 3 fully saturated rings. The minimum Gasteiger partial charge on any atom is -0.481 e. The molecule has 37 heavy (non-hydrogen) atoms. The summed E-state index contributed by atoms with van der Waals surface area (Å²) < 4.78 is 41.5. The van der Waals surface area contributed by atoms with Crippen molar-refractivity contribution in [3.05, 3.63) is 51.5 Å². The SMILES string of the molecule is O=C(CC12CCC(C(=O)O)(CC1)CC2)N1CCc2c(n(Cc3ccc(C(F)(F)F)s3)c3ncccc23)C1. The molecule has 0 saturated heterocycles. The second kappa shape index (κ2) is 8.58. The van der Waals surface area contributed by atoms with Crippen molar-refractivity contribution in [1.29, 1.82) is 0 Å². The Morgan fingerprint density at radius 1 is 1.08 bits per heavy atom. The van der Waals surface area contributed by atoms with E-state index in [4.69, 9.17) is 0 Å². The number of hydrogen-bond acceptors (Lipinski definition) is 4. The van der Waals surface area contributed by atoms with Gasteiger partial charge in [0.1, 0.15) is 10.5 Å². The molecule has 0 spiro atoms. The predicted octanol–water partition coefficient (Wildman–Crippen LogP) is 5.86. The van der Waals surface area contributed by atoms with Gasteiger partial charge in [-0.2, -0.15) is 13.2 Å². The van der Waals surface area contributed by atoms with Gasteiger partial charge in [0.15, 0.2) is 0 Å². The molecular weight excluding hydrogens is 503 g/mol. The van der Waals surface area contributed by atoms with Crippen molar-refractivity contribution in [2.75, 3.05) is 6.54 Å². The van der Waals surface area contributed by atoms with Gasteiger partial charge in [-0.3, -0.25) is 9.59 Å². The molecule has 0 aromatic carbocycles. The summed E-state index contributed by atoms with van der Waals surface area (Å²) >= 11 is 0.740. The van der Waals surface area contributed by atoms with E-state index >= 15 is 0 Å². The lowest BCUT2D eigenvalue weighted by Gasteiger charge is -2.51. The molecule has 196 valence electrons. The van der Waals surface area contributed by atoms with Crippen molar-refractivity contribution in [3.8, 4) is 0 Å². The predicted molar refractivity (Wildman–Crippen MR) is 132 cm³/mol. The highest BCUT2D eigenvalue weighted by Gasteiger charge is 2.53. The van der Waals surface area contributed by atoms with E-state index < -0.39 is 22.4 Å². The molecule has 4 aliphatic rings. The van der Waals surface area contributed by atoms with Gasteiger partial charge < -0.3 is 14.6 Å². The number of alkyl halides is 3. The first-order chi connectivity index (χ1) is 17.6. The van der Waals surface area contributed by atoms with Gasteiger partial charge in [-0.05, 0) is 80.2 Å². The summed E-state index contributed by atoms with van der Waals surface area (Å²) in [5, 5.41) is 10.7. The number of carbonyl (C=O) groups is 2. The Labute approximate surface area is 216 Å². The van der Waals surface area contributed by atoms with Gasteiger partial charge >= 0.3 is 12.1 Å². The third-order valence-electron chi connectivity index (χ3n) is 9.00. The molecule has 0 radical (unpaired) electrons. The summed E-state index contributed by atoms with van der Waals surface area (Å²) in [5.74, 6) is -0.624. The number of pyridine rings is 1. The van der Waals surface area contributed by atoms with Crippen LogP contribution in [0.4, 0.5) is 13.2 Å². The van der Waals surface area contributed by atoms with Crippen LogP contribution in [0, 0.1) is 10.8 Å². The van der Waals surface area contributed by atoms with Gasteiger partial charge in [-0.1, -0.05) is 0 Å². The summed E-state index contributed by atoms with van der Waals surface area (Å²) in [7, 11) is 0. The van der Waals surface area contributed by atoms with Crippen LogP contribution in [0.2, 0.25) is 0 Å². The Balaban J connectivity index is 1.24. The highest BCUT2D eigenvalue weighted by Crippen LogP contribution is 2.58. The van der Waals surface area contributed by atoms with Crippen LogP contribution in [0.15, 0.2) is 30.5 Å². The van der Waals surface area contributed by atoms with E-state index in [9.17, 15) is 27.9 Å². The molecule has 3 saturated carbocycles. The van der Waals surface area contributed by atoms with Crippen LogP contribution in [-0.2, 0) is 35.3 Å². The standard InChI is InChI=1S/C27H28F3N3O3S/c28-27(29,30)21-4-3-17(37-21)15-33-20-16-32(13-5-18(20)19-2-1-12-31-23(19)33)22(34)14-25-6-9-26(10-7-25,11-8-25)24(35)36/h1-4,12H,5-11,13-16H2,(H,35,36). The third-order valence-corrected chi connectivity index (χ3v) is 10.1. The maximum Gasteiger partial charge on any atom is 0.425 e. The quantitative estimate of drug-likeness (QED) is 0.447. The molecule has 1 amide bonds. The fourth-order valence-corrected chi connectivity index (χ4v) is 7.56. The molecule has 4 heterocycles. The number of aromatic nitrogens is 2. The number of rotatable bonds is 5. The normalized spacial score (nSPS) is 25.4. The second-order valence-electron chi connectivity index (χ2n) is 11.0. The average molecular weight is 532 g/mol. The number of hydrogen-bond donors (Lipinski definition) is 1. The smallest absolute Gasteiger partial charge is 0.425 e. The summed E-state index contributed by atoms with van der Waals surface area (Å²) in [5.41, 5.74) is 2.05. The third kappa shape index (κ3) is 4.13. The lowest BCUT2D eigenvalue weighted by molar-refractivity contribution is -0.160. The Kier molecular flexibility index (Phi) is 5.67. The molecule has 3 aromatic rings. The van der Waals surface area contributed by atoms with Gasteiger partial charge in [0.05, 0.1) is 18.5 Å². The van der Waals surface area contributed by atoms with Crippen molar-refractivity contribution in [2.45, 2.75) is 70.6 Å². The highest BCUT2D eigenvalue weighted by atomic mass is 32.1. The Morgan fingerprint density at radius 2 is 1.81 bits per heavy atom. The zero-order chi connectivity index (χ0) is 26.0. The number of nitrogens with zero attached hydrogens (tertiary/aromatic N) is 3. The molecule has 0 atom stereocenters. The molecule has 1 N–H and O–H groups in total. The fourth-order valence-electron chi connectivity index (χ4n) is 6.70. The van der Waals surface area contributed by atoms with Crippen molar-refractivity contribution >= 4 is 34.2 Å². The first kappa shape index (κ1) is 24.5. The first-order valence-electron chi connectivity index (χ1n) is 12.7. The van der Waals surface area contributed by atoms with Crippen LogP contribution in [-0.4, -0.2) is 38.0 Å². The minimum absolute atomic E-state index is 0.0793. The van der Waals surface area contributed by atoms with Crippen molar-refractivity contribution in [2.24, 2.45) is 10.8 Å². The van der Waals surface area contributed by atoms with Gasteiger partial charge in [0.2, 0.25) is 5.91 Å². The summed E-state index contributed by atoms with van der Waals surface area (Å²) in [4.78, 5) is 31.7. The number of carboxylic acids is 1.